The molecule has 0 saturated carbocycles. The molecule has 6 nitrogen and oxygen atoms in total. The number of para-hydroxylation sites is 2. The van der Waals surface area contributed by atoms with Gasteiger partial charge in [0, 0.05) is 18.2 Å². The van der Waals surface area contributed by atoms with Crippen LogP contribution in [-0.2, 0) is 10.5 Å². The first-order valence-electron chi connectivity index (χ1n) is 13.7. The lowest BCUT2D eigenvalue weighted by Crippen LogP contribution is -2.27. The van der Waals surface area contributed by atoms with Crippen molar-refractivity contribution in [2.24, 2.45) is 0 Å². The molecule has 1 N–H and O–H groups in total. The summed E-state index contributed by atoms with van der Waals surface area (Å²) in [7, 11) is 0. The number of fused-ring (bicyclic) bond motifs is 1. The minimum atomic E-state index is -0.0205. The zero-order chi connectivity index (χ0) is 28.6. The van der Waals surface area contributed by atoms with Crippen molar-refractivity contribution in [3.8, 4) is 5.69 Å². The number of amides is 1. The van der Waals surface area contributed by atoms with Crippen molar-refractivity contribution in [2.45, 2.75) is 27.6 Å². The molecule has 6 rings (SSSR count). The fourth-order valence-corrected chi connectivity index (χ4v) is 7.58. The molecule has 0 atom stereocenters. The minimum absolute atomic E-state index is 0.0205. The van der Waals surface area contributed by atoms with Crippen molar-refractivity contribution >= 4 is 51.0 Å². The number of aromatic nitrogens is 4. The first-order chi connectivity index (χ1) is 20.7. The molecule has 210 valence electrons. The van der Waals surface area contributed by atoms with Crippen molar-refractivity contribution in [1.82, 2.24) is 25.1 Å². The van der Waals surface area contributed by atoms with Crippen LogP contribution in [-0.4, -0.2) is 38.0 Å². The Hall–Kier alpha value is -3.92. The summed E-state index contributed by atoms with van der Waals surface area (Å²) in [6.45, 7) is 0.587. The summed E-state index contributed by atoms with van der Waals surface area (Å²) in [5, 5.41) is 12.8. The molecule has 6 aromatic rings. The lowest BCUT2D eigenvalue weighted by Gasteiger charge is -2.18. The number of hydrogen-bond acceptors (Lipinski definition) is 7. The van der Waals surface area contributed by atoms with Crippen molar-refractivity contribution < 1.29 is 4.79 Å². The van der Waals surface area contributed by atoms with Gasteiger partial charge in [-0.3, -0.25) is 9.36 Å². The van der Waals surface area contributed by atoms with Crippen molar-refractivity contribution in [1.29, 1.82) is 0 Å². The van der Waals surface area contributed by atoms with Crippen LogP contribution in [0.3, 0.4) is 0 Å². The topological polar surface area (TPSA) is 72.7 Å². The summed E-state index contributed by atoms with van der Waals surface area (Å²) in [5.41, 5.74) is 4.48. The highest BCUT2D eigenvalue weighted by Gasteiger charge is 2.18. The molecule has 0 aliphatic carbocycles. The van der Waals surface area contributed by atoms with E-state index < -0.39 is 0 Å². The maximum Gasteiger partial charge on any atom is 0.230 e. The third kappa shape index (κ3) is 6.92. The Morgan fingerprint density at radius 3 is 2.12 bits per heavy atom. The van der Waals surface area contributed by atoms with E-state index in [0.29, 0.717) is 17.5 Å². The van der Waals surface area contributed by atoms with E-state index in [9.17, 15) is 4.79 Å². The summed E-state index contributed by atoms with van der Waals surface area (Å²) in [5.74, 6) is 1.90. The van der Waals surface area contributed by atoms with E-state index in [4.69, 9.17) is 4.98 Å². The molecular weight excluding hydrogens is 579 g/mol. The maximum atomic E-state index is 12.9. The molecule has 0 spiro atoms. The number of thiazole rings is 1. The summed E-state index contributed by atoms with van der Waals surface area (Å²) in [4.78, 5) is 17.7. The number of nitrogens with zero attached hydrogens (tertiary/aromatic N) is 4. The summed E-state index contributed by atoms with van der Waals surface area (Å²) in [6.07, 6.45) is 0.817. The van der Waals surface area contributed by atoms with Gasteiger partial charge in [-0.2, -0.15) is 0 Å². The van der Waals surface area contributed by atoms with Gasteiger partial charge in [0.2, 0.25) is 5.91 Å². The van der Waals surface area contributed by atoms with Gasteiger partial charge in [-0.1, -0.05) is 115 Å². The van der Waals surface area contributed by atoms with Crippen LogP contribution in [0.5, 0.6) is 0 Å². The lowest BCUT2D eigenvalue weighted by molar-refractivity contribution is -0.118. The van der Waals surface area contributed by atoms with E-state index in [1.165, 1.54) is 27.6 Å². The Morgan fingerprint density at radius 1 is 0.786 bits per heavy atom. The largest absolute Gasteiger partial charge is 0.355 e. The number of rotatable bonds is 12. The summed E-state index contributed by atoms with van der Waals surface area (Å²) < 4.78 is 4.21. The number of carbonyl (C=O) groups excluding carboxylic acids is 1. The third-order valence-corrected chi connectivity index (χ3v) is 9.91. The Labute approximate surface area is 257 Å². The second-order valence-electron chi connectivity index (χ2n) is 9.61. The van der Waals surface area contributed by atoms with Gasteiger partial charge in [-0.15, -0.1) is 21.5 Å². The highest BCUT2D eigenvalue weighted by Crippen LogP contribution is 2.33. The van der Waals surface area contributed by atoms with E-state index in [0.717, 1.165) is 27.8 Å². The zero-order valence-corrected chi connectivity index (χ0v) is 25.2. The standard InChI is InChI=1S/C33H29N5OS3/c39-31(34-21-20-27(24-12-4-1-5-13-24)25-14-6-2-7-15-25)23-40-32-37-36-30(38(32)26-16-8-3-9-17-26)22-41-33-35-28-18-10-11-19-29(28)42-33/h1-19,27H,20-23H2,(H,34,39). The molecule has 0 aliphatic rings. The number of benzene rings is 4. The fraction of sp³-hybridized carbons (Fsp3) is 0.152. The molecule has 0 saturated heterocycles. The highest BCUT2D eigenvalue weighted by molar-refractivity contribution is 8.00. The Morgan fingerprint density at radius 2 is 1.43 bits per heavy atom. The monoisotopic (exact) mass is 607 g/mol. The highest BCUT2D eigenvalue weighted by atomic mass is 32.2. The average molecular weight is 608 g/mol. The van der Waals surface area contributed by atoms with Crippen LogP contribution in [0.4, 0.5) is 0 Å². The van der Waals surface area contributed by atoms with Crippen LogP contribution in [0.15, 0.2) is 125 Å². The minimum Gasteiger partial charge on any atom is -0.355 e. The molecule has 0 radical (unpaired) electrons. The Kier molecular flexibility index (Phi) is 9.29. The van der Waals surface area contributed by atoms with Gasteiger partial charge in [0.05, 0.1) is 21.7 Å². The predicted molar refractivity (Wildman–Crippen MR) is 174 cm³/mol. The predicted octanol–water partition coefficient (Wildman–Crippen LogP) is 7.60. The van der Waals surface area contributed by atoms with Crippen LogP contribution >= 0.6 is 34.9 Å². The molecule has 4 aromatic carbocycles. The van der Waals surface area contributed by atoms with E-state index >= 15 is 0 Å². The number of thioether (sulfide) groups is 2. The fourth-order valence-electron chi connectivity index (χ4n) is 4.80. The van der Waals surface area contributed by atoms with Gasteiger partial charge in [-0.05, 0) is 41.8 Å². The molecular formula is C33H29N5OS3. The van der Waals surface area contributed by atoms with Gasteiger partial charge < -0.3 is 5.32 Å². The number of nitrogens with one attached hydrogen (secondary N) is 1. The Balaban J connectivity index is 1.10. The third-order valence-electron chi connectivity index (χ3n) is 6.81. The van der Waals surface area contributed by atoms with Gasteiger partial charge in [-0.25, -0.2) is 4.98 Å². The van der Waals surface area contributed by atoms with Crippen molar-refractivity contribution in [3.63, 3.8) is 0 Å². The van der Waals surface area contributed by atoms with Gasteiger partial charge >= 0.3 is 0 Å². The summed E-state index contributed by atoms with van der Waals surface area (Å²) >= 11 is 4.74. The second-order valence-corrected chi connectivity index (χ2v) is 12.8. The molecule has 0 bridgehead atoms. The first kappa shape index (κ1) is 28.2. The molecule has 0 aliphatic heterocycles. The van der Waals surface area contributed by atoms with Crippen LogP contribution in [0.25, 0.3) is 15.9 Å². The van der Waals surface area contributed by atoms with E-state index in [1.807, 2.05) is 65.2 Å². The first-order valence-corrected chi connectivity index (χ1v) is 16.5. The lowest BCUT2D eigenvalue weighted by atomic mass is 9.88. The van der Waals surface area contributed by atoms with Gasteiger partial charge in [0.15, 0.2) is 9.50 Å². The number of hydrogen-bond donors (Lipinski definition) is 1. The molecule has 0 fully saturated rings. The molecule has 2 heterocycles. The summed E-state index contributed by atoms with van der Waals surface area (Å²) in [6, 6.07) is 39.1. The van der Waals surface area contributed by atoms with Crippen LogP contribution in [0.1, 0.15) is 29.3 Å². The molecule has 9 heteroatoms. The second kappa shape index (κ2) is 13.8. The molecule has 0 unspecified atom stereocenters. The normalized spacial score (nSPS) is 11.3. The van der Waals surface area contributed by atoms with Crippen LogP contribution < -0.4 is 5.32 Å². The maximum absolute atomic E-state index is 12.9. The number of carbonyl (C=O) groups is 1. The van der Waals surface area contributed by atoms with E-state index in [1.54, 1.807) is 23.1 Å². The van der Waals surface area contributed by atoms with E-state index in [2.05, 4.69) is 70.1 Å². The van der Waals surface area contributed by atoms with Crippen LogP contribution in [0, 0.1) is 0 Å². The zero-order valence-electron chi connectivity index (χ0n) is 22.8. The molecule has 2 aromatic heterocycles. The molecule has 42 heavy (non-hydrogen) atoms. The quantitative estimate of drug-likeness (QED) is 0.145. The Bertz CT molecular complexity index is 1670. The SMILES string of the molecule is O=C(CSc1nnc(CSc2nc3ccccc3s2)n1-c1ccccc1)NCCC(c1ccccc1)c1ccccc1. The smallest absolute Gasteiger partial charge is 0.230 e. The van der Waals surface area contributed by atoms with Gasteiger partial charge in [0.1, 0.15) is 5.82 Å². The average Bonchev–Trinajstić information content (AvgIpc) is 3.66. The van der Waals surface area contributed by atoms with E-state index in [-0.39, 0.29) is 17.6 Å². The molecule has 1 amide bonds. The van der Waals surface area contributed by atoms with Crippen molar-refractivity contribution in [2.75, 3.05) is 12.3 Å². The van der Waals surface area contributed by atoms with Crippen LogP contribution in [0.2, 0.25) is 0 Å². The van der Waals surface area contributed by atoms with Crippen molar-refractivity contribution in [3.05, 3.63) is 132 Å². The van der Waals surface area contributed by atoms with Gasteiger partial charge in [0.25, 0.3) is 0 Å².